The highest BCUT2D eigenvalue weighted by Gasteiger charge is 2.07. The number of hydrogen-bond acceptors (Lipinski definition) is 6. The molecule has 0 amide bonds. The Kier molecular flexibility index (Phi) is 3.70. The molecule has 1 heterocycles. The van der Waals surface area contributed by atoms with Crippen LogP contribution >= 0.6 is 0 Å². The molecule has 0 unspecified atom stereocenters. The van der Waals surface area contributed by atoms with Crippen molar-refractivity contribution >= 4 is 11.8 Å². The lowest BCUT2D eigenvalue weighted by molar-refractivity contribution is 0.318. The summed E-state index contributed by atoms with van der Waals surface area (Å²) in [6.07, 6.45) is 2.15. The first-order chi connectivity index (χ1) is 9.10. The van der Waals surface area contributed by atoms with Crippen molar-refractivity contribution in [3.63, 3.8) is 0 Å². The number of aromatic hydroxyl groups is 1. The fourth-order valence-corrected chi connectivity index (χ4v) is 1.73. The van der Waals surface area contributed by atoms with Crippen LogP contribution in [-0.4, -0.2) is 21.7 Å². The van der Waals surface area contributed by atoms with Crippen molar-refractivity contribution < 1.29 is 9.84 Å². The van der Waals surface area contributed by atoms with E-state index in [1.165, 1.54) is 0 Å². The maximum Gasteiger partial charge on any atom is 0.221 e. The minimum Gasteiger partial charge on any atom is -0.504 e. The molecule has 6 heteroatoms. The Hall–Kier alpha value is -2.50. The Labute approximate surface area is 111 Å². The summed E-state index contributed by atoms with van der Waals surface area (Å²) in [7, 11) is 0. The molecular formula is C13H16N4O2. The topological polar surface area (TPSA) is 107 Å². The van der Waals surface area contributed by atoms with Crippen LogP contribution in [0.25, 0.3) is 0 Å². The van der Waals surface area contributed by atoms with Gasteiger partial charge >= 0.3 is 0 Å². The Morgan fingerprint density at radius 3 is 2.79 bits per heavy atom. The van der Waals surface area contributed by atoms with Crippen molar-refractivity contribution in [3.05, 3.63) is 35.5 Å². The summed E-state index contributed by atoms with van der Waals surface area (Å²) >= 11 is 0. The first-order valence-electron chi connectivity index (χ1n) is 5.91. The lowest BCUT2D eigenvalue weighted by Gasteiger charge is -2.09. The quantitative estimate of drug-likeness (QED) is 0.765. The van der Waals surface area contributed by atoms with E-state index < -0.39 is 0 Å². The van der Waals surface area contributed by atoms with E-state index in [0.29, 0.717) is 24.6 Å². The molecular weight excluding hydrogens is 244 g/mol. The number of benzene rings is 1. The van der Waals surface area contributed by atoms with Crippen molar-refractivity contribution in [3.8, 4) is 11.5 Å². The molecule has 6 nitrogen and oxygen atoms in total. The van der Waals surface area contributed by atoms with Crippen molar-refractivity contribution in [2.45, 2.75) is 13.3 Å². The summed E-state index contributed by atoms with van der Waals surface area (Å²) in [5, 5.41) is 9.63. The highest BCUT2D eigenvalue weighted by atomic mass is 16.5. The van der Waals surface area contributed by atoms with Gasteiger partial charge in [0, 0.05) is 18.2 Å². The average molecular weight is 260 g/mol. The molecule has 0 bridgehead atoms. The second kappa shape index (κ2) is 5.43. The molecule has 0 aliphatic rings. The van der Waals surface area contributed by atoms with Gasteiger partial charge in [0.2, 0.25) is 5.95 Å². The predicted molar refractivity (Wildman–Crippen MR) is 72.9 cm³/mol. The van der Waals surface area contributed by atoms with Gasteiger partial charge in [-0.3, -0.25) is 0 Å². The van der Waals surface area contributed by atoms with Crippen LogP contribution in [0.5, 0.6) is 11.5 Å². The molecule has 0 fully saturated rings. The number of aromatic nitrogens is 2. The number of nitrogen functional groups attached to an aromatic ring is 2. The predicted octanol–water partition coefficient (Wildman–Crippen LogP) is 1.34. The summed E-state index contributed by atoms with van der Waals surface area (Å²) < 4.78 is 5.33. The van der Waals surface area contributed by atoms with Crippen molar-refractivity contribution in [2.75, 3.05) is 18.1 Å². The summed E-state index contributed by atoms with van der Waals surface area (Å²) in [6, 6.07) is 5.16. The van der Waals surface area contributed by atoms with Crippen LogP contribution in [0.4, 0.5) is 11.8 Å². The molecule has 100 valence electrons. The number of phenolic OH excluding ortho intramolecular Hbond substituents is 1. The monoisotopic (exact) mass is 260 g/mol. The number of hydrogen-bond donors (Lipinski definition) is 3. The minimum absolute atomic E-state index is 0.118. The molecule has 0 spiro atoms. The van der Waals surface area contributed by atoms with E-state index in [0.717, 1.165) is 11.1 Å². The number of rotatable bonds is 4. The zero-order valence-corrected chi connectivity index (χ0v) is 10.6. The molecule has 1 aromatic carbocycles. The van der Waals surface area contributed by atoms with Gasteiger partial charge in [0.15, 0.2) is 11.5 Å². The Bertz CT molecular complexity index is 587. The molecule has 2 rings (SSSR count). The molecule has 0 aliphatic carbocycles. The first kappa shape index (κ1) is 12.9. The third kappa shape index (κ3) is 3.04. The van der Waals surface area contributed by atoms with Crippen LogP contribution in [0, 0.1) is 0 Å². The number of ether oxygens (including phenoxy) is 1. The third-order valence-electron chi connectivity index (χ3n) is 2.64. The minimum atomic E-state index is 0.118. The van der Waals surface area contributed by atoms with Gasteiger partial charge in [-0.1, -0.05) is 6.07 Å². The lowest BCUT2D eigenvalue weighted by atomic mass is 10.1. The lowest BCUT2D eigenvalue weighted by Crippen LogP contribution is -2.04. The summed E-state index contributed by atoms with van der Waals surface area (Å²) in [5.41, 5.74) is 13.0. The SMILES string of the molecule is CCOc1cc(Cc2cnc(N)nc2N)ccc1O. The molecule has 0 saturated carbocycles. The second-order valence-electron chi connectivity index (χ2n) is 4.05. The Balaban J connectivity index is 2.25. The fraction of sp³-hybridized carbons (Fsp3) is 0.231. The standard InChI is InChI=1S/C13H16N4O2/c1-2-19-11-6-8(3-4-10(11)18)5-9-7-16-13(15)17-12(9)14/h3-4,6-7,18H,2,5H2,1H3,(H4,14,15,16,17). The normalized spacial score (nSPS) is 10.4. The molecule has 0 saturated heterocycles. The molecule has 1 aromatic heterocycles. The fourth-order valence-electron chi connectivity index (χ4n) is 1.73. The molecule has 5 N–H and O–H groups in total. The molecule has 0 atom stereocenters. The van der Waals surface area contributed by atoms with E-state index in [4.69, 9.17) is 16.2 Å². The van der Waals surface area contributed by atoms with Gasteiger partial charge in [-0.25, -0.2) is 4.98 Å². The summed E-state index contributed by atoms with van der Waals surface area (Å²) in [6.45, 7) is 2.35. The third-order valence-corrected chi connectivity index (χ3v) is 2.64. The van der Waals surface area contributed by atoms with Crippen LogP contribution in [-0.2, 0) is 6.42 Å². The first-order valence-corrected chi connectivity index (χ1v) is 5.91. The van der Waals surface area contributed by atoms with Crippen LogP contribution < -0.4 is 16.2 Å². The zero-order valence-electron chi connectivity index (χ0n) is 10.6. The van der Waals surface area contributed by atoms with Crippen molar-refractivity contribution in [1.82, 2.24) is 9.97 Å². The Morgan fingerprint density at radius 1 is 1.32 bits per heavy atom. The van der Waals surface area contributed by atoms with Gasteiger partial charge in [0.1, 0.15) is 5.82 Å². The van der Waals surface area contributed by atoms with E-state index >= 15 is 0 Å². The molecule has 0 radical (unpaired) electrons. The van der Waals surface area contributed by atoms with E-state index in [-0.39, 0.29) is 11.7 Å². The van der Waals surface area contributed by atoms with E-state index in [2.05, 4.69) is 9.97 Å². The van der Waals surface area contributed by atoms with Crippen molar-refractivity contribution in [2.24, 2.45) is 0 Å². The van der Waals surface area contributed by atoms with Gasteiger partial charge < -0.3 is 21.3 Å². The number of phenols is 1. The van der Waals surface area contributed by atoms with Gasteiger partial charge in [-0.15, -0.1) is 0 Å². The highest BCUT2D eigenvalue weighted by molar-refractivity contribution is 5.47. The van der Waals surface area contributed by atoms with Gasteiger partial charge in [-0.05, 0) is 24.6 Å². The highest BCUT2D eigenvalue weighted by Crippen LogP contribution is 2.28. The Morgan fingerprint density at radius 2 is 2.11 bits per heavy atom. The van der Waals surface area contributed by atoms with Crippen LogP contribution in [0.3, 0.4) is 0 Å². The number of anilines is 2. The number of nitrogens with two attached hydrogens (primary N) is 2. The molecule has 2 aromatic rings. The summed E-state index contributed by atoms with van der Waals surface area (Å²) in [5.74, 6) is 1.09. The van der Waals surface area contributed by atoms with Gasteiger partial charge in [0.05, 0.1) is 6.61 Å². The smallest absolute Gasteiger partial charge is 0.221 e. The van der Waals surface area contributed by atoms with Crippen molar-refractivity contribution in [1.29, 1.82) is 0 Å². The van der Waals surface area contributed by atoms with Crippen LogP contribution in [0.2, 0.25) is 0 Å². The van der Waals surface area contributed by atoms with E-state index in [9.17, 15) is 5.11 Å². The average Bonchev–Trinajstić information content (AvgIpc) is 2.37. The van der Waals surface area contributed by atoms with Crippen LogP contribution in [0.15, 0.2) is 24.4 Å². The maximum absolute atomic E-state index is 9.63. The molecule has 0 aliphatic heterocycles. The molecule has 19 heavy (non-hydrogen) atoms. The maximum atomic E-state index is 9.63. The van der Waals surface area contributed by atoms with Crippen LogP contribution in [0.1, 0.15) is 18.1 Å². The largest absolute Gasteiger partial charge is 0.504 e. The van der Waals surface area contributed by atoms with E-state index in [1.54, 1.807) is 24.4 Å². The zero-order chi connectivity index (χ0) is 13.8. The summed E-state index contributed by atoms with van der Waals surface area (Å²) in [4.78, 5) is 7.83. The van der Waals surface area contributed by atoms with Gasteiger partial charge in [0.25, 0.3) is 0 Å². The second-order valence-corrected chi connectivity index (χ2v) is 4.05. The number of nitrogens with zero attached hydrogens (tertiary/aromatic N) is 2. The van der Waals surface area contributed by atoms with Gasteiger partial charge in [-0.2, -0.15) is 4.98 Å². The van der Waals surface area contributed by atoms with E-state index in [1.807, 2.05) is 6.92 Å².